The lowest BCUT2D eigenvalue weighted by Gasteiger charge is -2.15. The molecule has 0 spiro atoms. The highest BCUT2D eigenvalue weighted by Crippen LogP contribution is 2.26. The number of carboxylic acid groups (broad SMARTS) is 1. The highest BCUT2D eigenvalue weighted by Gasteiger charge is 2.39. The minimum Gasteiger partial charge on any atom is -0.481 e. The number of cyclic esters (lactones) is 2. The summed E-state index contributed by atoms with van der Waals surface area (Å²) in [5.41, 5.74) is 4.78. The molecule has 2 aliphatic heterocycles. The third kappa shape index (κ3) is 17.1. The van der Waals surface area contributed by atoms with E-state index in [9.17, 15) is 28.8 Å². The van der Waals surface area contributed by atoms with Crippen molar-refractivity contribution in [2.24, 2.45) is 41.2 Å². The average Bonchev–Trinajstić information content (AvgIpc) is 3.39. The molecule has 2 heterocycles. The standard InChI is InChI=1S/C9H17NO4.C9H15NO3.C7H10O3.C2H7NO.H2O/c1-6(2)7(9(13)14)5-8(12)10-3-4-11;1-6(2)7-5-8(12)10(3-4-11)9(7)13;1-4(2)5-3-6(8)10-7(5)9;3-1-2-4;/h6-7,11H,3-5H2,1-2H3,(H,10,12)(H,13,14);6-7,11H,3-5H2,1-2H3;4-5H,3H2,1-2H3;4H,1-3H2;1H2. The molecule has 0 aromatic rings. The number of aliphatic hydroxyl groups is 3. The molecule has 0 saturated carbocycles. The number of carbonyl (C=O) groups excluding carboxylic acids is 5. The number of amides is 3. The number of imide groups is 1. The summed E-state index contributed by atoms with van der Waals surface area (Å²) >= 11 is 0. The third-order valence-corrected chi connectivity index (χ3v) is 6.21. The smallest absolute Gasteiger partial charge is 0.317 e. The molecule has 42 heavy (non-hydrogen) atoms. The SMILES string of the molecule is CC(C)C(CC(=O)NCCO)C(=O)O.CC(C)C1CC(=O)N(CCO)C1=O.CC(C)C1CC(=O)OC1=O.NCCO.O. The summed E-state index contributed by atoms with van der Waals surface area (Å²) in [4.78, 5) is 67.1. The lowest BCUT2D eigenvalue weighted by atomic mass is 9.92. The van der Waals surface area contributed by atoms with Gasteiger partial charge in [-0.3, -0.25) is 33.7 Å². The van der Waals surface area contributed by atoms with Gasteiger partial charge in [0.15, 0.2) is 0 Å². The summed E-state index contributed by atoms with van der Waals surface area (Å²) < 4.78 is 4.36. The number of carboxylic acids is 1. The Hall–Kier alpha value is -2.98. The molecule has 0 radical (unpaired) electrons. The van der Waals surface area contributed by atoms with Gasteiger partial charge in [-0.1, -0.05) is 41.5 Å². The van der Waals surface area contributed by atoms with Crippen LogP contribution in [0, 0.1) is 35.5 Å². The first-order valence-electron chi connectivity index (χ1n) is 13.7. The van der Waals surface area contributed by atoms with Crippen molar-refractivity contribution in [1.82, 2.24) is 10.2 Å². The Labute approximate surface area is 247 Å². The predicted molar refractivity (Wildman–Crippen MR) is 151 cm³/mol. The maximum absolute atomic E-state index is 11.5. The molecule has 0 aromatic heterocycles. The molecule has 15 nitrogen and oxygen atoms in total. The fraction of sp³-hybridized carbons (Fsp3) is 0.778. The monoisotopic (exact) mass is 609 g/mol. The van der Waals surface area contributed by atoms with Crippen LogP contribution in [-0.4, -0.2) is 106 Å². The van der Waals surface area contributed by atoms with Gasteiger partial charge in [0.05, 0.1) is 44.6 Å². The lowest BCUT2D eigenvalue weighted by Crippen LogP contribution is -2.33. The number of rotatable bonds is 11. The van der Waals surface area contributed by atoms with E-state index < -0.39 is 11.9 Å². The quantitative estimate of drug-likeness (QED) is 0.0906. The van der Waals surface area contributed by atoms with Gasteiger partial charge in [0.1, 0.15) is 0 Å². The van der Waals surface area contributed by atoms with Crippen LogP contribution < -0.4 is 11.1 Å². The zero-order valence-corrected chi connectivity index (χ0v) is 25.5. The Morgan fingerprint density at radius 1 is 0.929 bits per heavy atom. The Kier molecular flexibility index (Phi) is 24.4. The van der Waals surface area contributed by atoms with Gasteiger partial charge in [-0.2, -0.15) is 0 Å². The van der Waals surface area contributed by atoms with Crippen molar-refractivity contribution in [3.63, 3.8) is 0 Å². The van der Waals surface area contributed by atoms with E-state index in [-0.39, 0.29) is 110 Å². The molecule has 2 saturated heterocycles. The number of nitrogens with one attached hydrogen (secondary N) is 1. The molecule has 15 heteroatoms. The van der Waals surface area contributed by atoms with Gasteiger partial charge in [0.2, 0.25) is 17.7 Å². The molecule has 0 bridgehead atoms. The molecule has 0 aromatic carbocycles. The van der Waals surface area contributed by atoms with Crippen LogP contribution in [0.5, 0.6) is 0 Å². The van der Waals surface area contributed by atoms with Crippen LogP contribution in [0.4, 0.5) is 0 Å². The number of β-amino-alcohol motifs (C(OH)–C–C–N with tert-alkyl or cyclic N) is 1. The topological polar surface area (TPSA) is 265 Å². The maximum atomic E-state index is 11.5. The maximum Gasteiger partial charge on any atom is 0.317 e. The fourth-order valence-electron chi connectivity index (χ4n) is 3.64. The molecule has 2 rings (SSSR count). The average molecular weight is 610 g/mol. The second-order valence-corrected chi connectivity index (χ2v) is 10.5. The summed E-state index contributed by atoms with van der Waals surface area (Å²) in [7, 11) is 0. The van der Waals surface area contributed by atoms with E-state index >= 15 is 0 Å². The molecule has 3 atom stereocenters. The molecule has 3 amide bonds. The number of nitrogens with two attached hydrogens (primary N) is 1. The molecule has 246 valence electrons. The van der Waals surface area contributed by atoms with E-state index in [1.807, 2.05) is 27.7 Å². The summed E-state index contributed by atoms with van der Waals surface area (Å²) in [6.07, 6.45) is 0.528. The number of ether oxygens (including phenoxy) is 1. The van der Waals surface area contributed by atoms with Crippen molar-refractivity contribution in [3.8, 4) is 0 Å². The molecule has 2 aliphatic rings. The van der Waals surface area contributed by atoms with Gasteiger partial charge >= 0.3 is 17.9 Å². The molecule has 3 unspecified atom stereocenters. The Morgan fingerprint density at radius 3 is 1.74 bits per heavy atom. The van der Waals surface area contributed by atoms with Crippen molar-refractivity contribution in [2.45, 2.75) is 60.8 Å². The Bertz CT molecular complexity index is 846. The van der Waals surface area contributed by atoms with E-state index in [1.54, 1.807) is 13.8 Å². The first-order valence-corrected chi connectivity index (χ1v) is 13.7. The largest absolute Gasteiger partial charge is 0.481 e. The van der Waals surface area contributed by atoms with Crippen molar-refractivity contribution in [2.75, 3.05) is 39.5 Å². The fourth-order valence-corrected chi connectivity index (χ4v) is 3.64. The summed E-state index contributed by atoms with van der Waals surface area (Å²) in [6, 6.07) is 0. The number of likely N-dealkylation sites (tertiary alicyclic amines) is 1. The second-order valence-electron chi connectivity index (χ2n) is 10.5. The molecular formula is C27H51N3O12. The van der Waals surface area contributed by atoms with Gasteiger partial charge in [0, 0.05) is 31.8 Å². The number of hydrogen-bond acceptors (Lipinski definition) is 11. The van der Waals surface area contributed by atoms with Crippen LogP contribution >= 0.6 is 0 Å². The minimum absolute atomic E-state index is 0. The Balaban J connectivity index is -0.000000509. The second kappa shape index (κ2) is 23.6. The van der Waals surface area contributed by atoms with Crippen LogP contribution in [0.25, 0.3) is 0 Å². The Morgan fingerprint density at radius 2 is 1.45 bits per heavy atom. The van der Waals surface area contributed by atoms with Crippen molar-refractivity contribution in [1.29, 1.82) is 0 Å². The van der Waals surface area contributed by atoms with Crippen LogP contribution in [-0.2, 0) is 33.5 Å². The molecule has 0 aliphatic carbocycles. The summed E-state index contributed by atoms with van der Waals surface area (Å²) in [6.45, 7) is 11.7. The van der Waals surface area contributed by atoms with Crippen LogP contribution in [0.3, 0.4) is 0 Å². The normalized spacial score (nSPS) is 18.3. The first-order chi connectivity index (χ1) is 19.1. The predicted octanol–water partition coefficient (Wildman–Crippen LogP) is -1.30. The van der Waals surface area contributed by atoms with E-state index in [0.29, 0.717) is 13.0 Å². The van der Waals surface area contributed by atoms with Crippen LogP contribution in [0.15, 0.2) is 0 Å². The van der Waals surface area contributed by atoms with Crippen LogP contribution in [0.2, 0.25) is 0 Å². The zero-order valence-electron chi connectivity index (χ0n) is 25.5. The highest BCUT2D eigenvalue weighted by atomic mass is 16.6. The van der Waals surface area contributed by atoms with Gasteiger partial charge < -0.3 is 41.7 Å². The lowest BCUT2D eigenvalue weighted by molar-refractivity contribution is -0.153. The highest BCUT2D eigenvalue weighted by molar-refractivity contribution is 6.03. The van der Waals surface area contributed by atoms with E-state index in [0.717, 1.165) is 4.90 Å². The van der Waals surface area contributed by atoms with E-state index in [4.69, 9.17) is 26.2 Å². The first kappa shape index (κ1) is 43.5. The van der Waals surface area contributed by atoms with E-state index in [2.05, 4.69) is 10.1 Å². The van der Waals surface area contributed by atoms with Crippen molar-refractivity contribution >= 4 is 35.6 Å². The number of esters is 2. The number of carbonyl (C=O) groups is 6. The molecule has 9 N–H and O–H groups in total. The van der Waals surface area contributed by atoms with Gasteiger partial charge in [-0.15, -0.1) is 0 Å². The van der Waals surface area contributed by atoms with Gasteiger partial charge in [-0.05, 0) is 17.8 Å². The number of nitrogens with zero attached hydrogens (tertiary/aromatic N) is 1. The number of hydrogen-bond donors (Lipinski definition) is 6. The third-order valence-electron chi connectivity index (χ3n) is 6.21. The number of aliphatic hydroxyl groups excluding tert-OH is 3. The van der Waals surface area contributed by atoms with Crippen molar-refractivity contribution < 1.29 is 59.4 Å². The molecular weight excluding hydrogens is 558 g/mol. The van der Waals surface area contributed by atoms with Crippen LogP contribution in [0.1, 0.15) is 60.8 Å². The zero-order chi connectivity index (χ0) is 32.3. The van der Waals surface area contributed by atoms with Gasteiger partial charge in [0.25, 0.3) is 0 Å². The van der Waals surface area contributed by atoms with Gasteiger partial charge in [-0.25, -0.2) is 0 Å². The summed E-state index contributed by atoms with van der Waals surface area (Å²) in [5.74, 6) is -3.04. The minimum atomic E-state index is -0.959. The van der Waals surface area contributed by atoms with E-state index in [1.165, 1.54) is 0 Å². The molecule has 2 fully saturated rings. The summed E-state index contributed by atoms with van der Waals surface area (Å²) in [5, 5.41) is 36.0. The number of aliphatic carboxylic acids is 1. The van der Waals surface area contributed by atoms with Crippen molar-refractivity contribution in [3.05, 3.63) is 0 Å².